The van der Waals surface area contributed by atoms with Gasteiger partial charge >= 0.3 is 0 Å². The number of nitrogens with one attached hydrogen (secondary N) is 1. The van der Waals surface area contributed by atoms with E-state index in [2.05, 4.69) is 15.9 Å². The third-order valence-electron chi connectivity index (χ3n) is 1.43. The van der Waals surface area contributed by atoms with Gasteiger partial charge in [-0.2, -0.15) is 0 Å². The molecule has 0 unspecified atom stereocenters. The van der Waals surface area contributed by atoms with E-state index in [1.807, 2.05) is 0 Å². The summed E-state index contributed by atoms with van der Waals surface area (Å²) in [5, 5.41) is 1.75. The first kappa shape index (κ1) is 8.99. The normalized spacial score (nSPS) is 9.50. The largest absolute Gasteiger partial charge is 0.494 e. The molecule has 0 bridgehead atoms. The van der Waals surface area contributed by atoms with E-state index < -0.39 is 0 Å². The van der Waals surface area contributed by atoms with Gasteiger partial charge in [-0.3, -0.25) is 0 Å². The second kappa shape index (κ2) is 3.53. The summed E-state index contributed by atoms with van der Waals surface area (Å²) in [5.74, 6) is 0.475. The third kappa shape index (κ3) is 1.55. The molecule has 3 N–H and O–H groups in total. The molecule has 0 aromatic heterocycles. The minimum absolute atomic E-state index is 0.410. The predicted octanol–water partition coefficient (Wildman–Crippen LogP) is 0.518. The fraction of sp³-hybridized carbons (Fsp3) is 0.143. The van der Waals surface area contributed by atoms with E-state index in [4.69, 9.17) is 10.5 Å². The van der Waals surface area contributed by atoms with Gasteiger partial charge in [-0.15, -0.1) is 0 Å². The zero-order valence-corrected chi connectivity index (χ0v) is 8.01. The molecule has 0 fully saturated rings. The van der Waals surface area contributed by atoms with Gasteiger partial charge in [0.2, 0.25) is 0 Å². The molecule has 12 heavy (non-hydrogen) atoms. The second-order valence-corrected chi connectivity index (χ2v) is 3.03. The Labute approximate surface area is 77.8 Å². The molecular weight excluding hydrogens is 224 g/mol. The first-order valence-electron chi connectivity index (χ1n) is 3.20. The molecule has 1 aromatic rings. The SMILES string of the molecule is COc1cc([NH+]=O)cc(Br)c1N. The highest BCUT2D eigenvalue weighted by atomic mass is 79.9. The summed E-state index contributed by atoms with van der Waals surface area (Å²) in [6, 6.07) is 3.12. The number of nitrogen functional groups attached to an aromatic ring is 1. The molecule has 0 saturated carbocycles. The highest BCUT2D eigenvalue weighted by Crippen LogP contribution is 2.31. The molecule has 0 aliphatic heterocycles. The number of nitrogens with two attached hydrogens (primary N) is 1. The summed E-state index contributed by atoms with van der Waals surface area (Å²) < 4.78 is 5.57. The zero-order chi connectivity index (χ0) is 9.14. The van der Waals surface area contributed by atoms with Crippen molar-refractivity contribution in [2.45, 2.75) is 0 Å². The van der Waals surface area contributed by atoms with Crippen molar-refractivity contribution in [3.63, 3.8) is 0 Å². The number of hydrogen-bond donors (Lipinski definition) is 2. The number of ether oxygens (including phenoxy) is 1. The Balaban J connectivity index is 3.28. The number of nitroso groups, excluding NO2 is 1. The monoisotopic (exact) mass is 231 g/mol. The van der Waals surface area contributed by atoms with E-state index in [0.29, 0.717) is 21.6 Å². The first-order valence-corrected chi connectivity index (χ1v) is 3.99. The Hall–Kier alpha value is -1.10. The maximum Gasteiger partial charge on any atom is 0.258 e. The van der Waals surface area contributed by atoms with Crippen LogP contribution in [0.5, 0.6) is 5.75 Å². The van der Waals surface area contributed by atoms with Gasteiger partial charge in [-0.25, -0.2) is 0 Å². The molecule has 0 aliphatic carbocycles. The van der Waals surface area contributed by atoms with Crippen LogP contribution in [0.2, 0.25) is 0 Å². The number of methoxy groups -OCH3 is 1. The Morgan fingerprint density at radius 2 is 2.25 bits per heavy atom. The lowest BCUT2D eigenvalue weighted by atomic mass is 10.2. The van der Waals surface area contributed by atoms with E-state index in [1.165, 1.54) is 13.2 Å². The molecule has 0 aliphatic rings. The number of anilines is 1. The Bertz CT molecular complexity index is 315. The van der Waals surface area contributed by atoms with Crippen LogP contribution in [0.4, 0.5) is 11.4 Å². The summed E-state index contributed by atoms with van der Waals surface area (Å²) in [7, 11) is 1.49. The Kier molecular flexibility index (Phi) is 2.65. The van der Waals surface area contributed by atoms with Crippen molar-refractivity contribution in [1.82, 2.24) is 0 Å². The molecule has 0 spiro atoms. The van der Waals surface area contributed by atoms with E-state index in [9.17, 15) is 4.91 Å². The van der Waals surface area contributed by atoms with E-state index in [0.717, 1.165) is 0 Å². The molecule has 5 heteroatoms. The third-order valence-corrected chi connectivity index (χ3v) is 2.09. The molecule has 1 rings (SSSR count). The van der Waals surface area contributed by atoms with Crippen molar-refractivity contribution in [3.8, 4) is 5.75 Å². The summed E-state index contributed by atoms with van der Waals surface area (Å²) in [6.45, 7) is 0. The number of hydrogen-bond acceptors (Lipinski definition) is 3. The first-order chi connectivity index (χ1) is 5.69. The van der Waals surface area contributed by atoms with Crippen LogP contribution in [0, 0.1) is 4.91 Å². The van der Waals surface area contributed by atoms with Crippen molar-refractivity contribution in [1.29, 1.82) is 0 Å². The van der Waals surface area contributed by atoms with Crippen LogP contribution < -0.4 is 15.6 Å². The van der Waals surface area contributed by atoms with Crippen LogP contribution in [0.25, 0.3) is 0 Å². The fourth-order valence-corrected chi connectivity index (χ4v) is 1.26. The lowest BCUT2D eigenvalue weighted by Crippen LogP contribution is -2.55. The maximum atomic E-state index is 10.3. The molecule has 0 saturated heterocycles. The summed E-state index contributed by atoms with van der Waals surface area (Å²) in [4.78, 5) is 10.3. The topological polar surface area (TPSA) is 66.3 Å². The Morgan fingerprint density at radius 3 is 2.75 bits per heavy atom. The predicted molar refractivity (Wildman–Crippen MR) is 49.1 cm³/mol. The second-order valence-electron chi connectivity index (χ2n) is 2.18. The van der Waals surface area contributed by atoms with E-state index in [1.54, 1.807) is 11.2 Å². The van der Waals surface area contributed by atoms with Crippen LogP contribution >= 0.6 is 15.9 Å². The smallest absolute Gasteiger partial charge is 0.258 e. The summed E-state index contributed by atoms with van der Waals surface area (Å²) in [6.07, 6.45) is 0. The summed E-state index contributed by atoms with van der Waals surface area (Å²) in [5.41, 5.74) is 6.51. The zero-order valence-electron chi connectivity index (χ0n) is 6.43. The number of benzene rings is 1. The summed E-state index contributed by atoms with van der Waals surface area (Å²) >= 11 is 3.19. The van der Waals surface area contributed by atoms with Crippen LogP contribution in [0.3, 0.4) is 0 Å². The lowest BCUT2D eigenvalue weighted by molar-refractivity contribution is -0.379. The average molecular weight is 232 g/mol. The lowest BCUT2D eigenvalue weighted by Gasteiger charge is -2.03. The molecule has 0 atom stereocenters. The molecule has 4 nitrogen and oxygen atoms in total. The van der Waals surface area contributed by atoms with Crippen molar-refractivity contribution < 1.29 is 9.91 Å². The molecule has 64 valence electrons. The van der Waals surface area contributed by atoms with Gasteiger partial charge in [0.05, 0.1) is 23.3 Å². The van der Waals surface area contributed by atoms with Gasteiger partial charge in [0, 0.05) is 16.2 Å². The van der Waals surface area contributed by atoms with Crippen molar-refractivity contribution >= 4 is 27.3 Å². The van der Waals surface area contributed by atoms with Gasteiger partial charge in [-0.05, 0) is 15.9 Å². The van der Waals surface area contributed by atoms with Gasteiger partial charge in [0.25, 0.3) is 5.69 Å². The van der Waals surface area contributed by atoms with Crippen LogP contribution in [-0.4, -0.2) is 7.11 Å². The van der Waals surface area contributed by atoms with Crippen molar-refractivity contribution in [2.24, 2.45) is 0 Å². The quantitative estimate of drug-likeness (QED) is 0.730. The molecular formula is C7H8BrN2O2+. The average Bonchev–Trinajstić information content (AvgIpc) is 2.09. The van der Waals surface area contributed by atoms with Crippen LogP contribution in [0.15, 0.2) is 16.6 Å². The van der Waals surface area contributed by atoms with E-state index in [-0.39, 0.29) is 0 Å². The molecule has 0 radical (unpaired) electrons. The highest BCUT2D eigenvalue weighted by Gasteiger charge is 2.09. The molecule has 0 heterocycles. The van der Waals surface area contributed by atoms with Crippen LogP contribution in [-0.2, 0) is 0 Å². The van der Waals surface area contributed by atoms with Gasteiger partial charge < -0.3 is 10.5 Å². The standard InChI is InChI=1S/C7H7BrN2O2/c1-12-6-3-4(10-11)2-5(8)7(6)9/h2-3H,9H2,1H3/p+1. The van der Waals surface area contributed by atoms with Crippen molar-refractivity contribution in [2.75, 3.05) is 12.8 Å². The van der Waals surface area contributed by atoms with Gasteiger partial charge in [-0.1, -0.05) is 0 Å². The van der Waals surface area contributed by atoms with Gasteiger partial charge in [0.1, 0.15) is 5.75 Å². The van der Waals surface area contributed by atoms with Crippen molar-refractivity contribution in [3.05, 3.63) is 21.5 Å². The minimum atomic E-state index is 0.410. The van der Waals surface area contributed by atoms with Gasteiger partial charge in [0.15, 0.2) is 0 Å². The maximum absolute atomic E-state index is 10.3. The number of halogens is 1. The molecule has 1 aromatic carbocycles. The minimum Gasteiger partial charge on any atom is -0.494 e. The highest BCUT2D eigenvalue weighted by molar-refractivity contribution is 9.10. The van der Waals surface area contributed by atoms with Crippen LogP contribution in [0.1, 0.15) is 0 Å². The number of rotatable bonds is 2. The molecule has 0 amide bonds. The van der Waals surface area contributed by atoms with E-state index >= 15 is 0 Å². The fourth-order valence-electron chi connectivity index (χ4n) is 0.820. The Morgan fingerprint density at radius 1 is 1.58 bits per heavy atom.